The summed E-state index contributed by atoms with van der Waals surface area (Å²) in [5, 5.41) is 20.5. The molecule has 1 rings (SSSR count). The Morgan fingerprint density at radius 1 is 1.41 bits per heavy atom. The normalized spacial score (nSPS) is 14.6. The number of aromatic nitrogens is 2. The molecule has 0 aliphatic carbocycles. The third-order valence-electron chi connectivity index (χ3n) is 2.37. The fraction of sp³-hybridized carbons (Fsp3) is 0.818. The quantitative estimate of drug-likeness (QED) is 0.741. The Morgan fingerprint density at radius 2 is 2.12 bits per heavy atom. The molecule has 2 unspecified atom stereocenters. The smallest absolute Gasteiger partial charge is 0.318 e. The lowest BCUT2D eigenvalue weighted by atomic mass is 10.3. The van der Waals surface area contributed by atoms with E-state index in [9.17, 15) is 5.11 Å². The van der Waals surface area contributed by atoms with Gasteiger partial charge in [-0.2, -0.15) is 0 Å². The molecule has 0 bridgehead atoms. The number of hydrogen-bond donors (Lipinski definition) is 2. The standard InChI is InChI=1S/C11H22N4O2/c1-5-6-12-9(3)10-13-14-11(17-10)15(4)7-8(2)16/h8-9,12,16H,5-7H2,1-4H3. The summed E-state index contributed by atoms with van der Waals surface area (Å²) in [5.41, 5.74) is 0. The van der Waals surface area contributed by atoms with E-state index in [2.05, 4.69) is 22.4 Å². The molecule has 98 valence electrons. The minimum atomic E-state index is -0.425. The molecule has 17 heavy (non-hydrogen) atoms. The van der Waals surface area contributed by atoms with Crippen molar-refractivity contribution < 1.29 is 9.52 Å². The first-order valence-corrected chi connectivity index (χ1v) is 6.00. The molecule has 0 aliphatic heterocycles. The first kappa shape index (κ1) is 13.9. The van der Waals surface area contributed by atoms with Crippen molar-refractivity contribution in [1.82, 2.24) is 15.5 Å². The van der Waals surface area contributed by atoms with E-state index in [1.165, 1.54) is 0 Å². The van der Waals surface area contributed by atoms with E-state index >= 15 is 0 Å². The molecule has 1 aromatic heterocycles. The molecule has 0 fully saturated rings. The number of aliphatic hydroxyl groups excluding tert-OH is 1. The predicted molar refractivity (Wildman–Crippen MR) is 66.0 cm³/mol. The molecular weight excluding hydrogens is 220 g/mol. The number of anilines is 1. The number of nitrogens with one attached hydrogen (secondary N) is 1. The highest BCUT2D eigenvalue weighted by Crippen LogP contribution is 2.16. The summed E-state index contributed by atoms with van der Waals surface area (Å²) < 4.78 is 5.54. The van der Waals surface area contributed by atoms with E-state index in [1.807, 2.05) is 14.0 Å². The highest BCUT2D eigenvalue weighted by atomic mass is 16.4. The van der Waals surface area contributed by atoms with Gasteiger partial charge in [-0.1, -0.05) is 12.0 Å². The average molecular weight is 242 g/mol. The molecule has 0 saturated carbocycles. The van der Waals surface area contributed by atoms with Gasteiger partial charge in [0.05, 0.1) is 12.1 Å². The van der Waals surface area contributed by atoms with Crippen LogP contribution in [0.5, 0.6) is 0 Å². The van der Waals surface area contributed by atoms with Gasteiger partial charge in [0.1, 0.15) is 0 Å². The van der Waals surface area contributed by atoms with E-state index in [0.717, 1.165) is 13.0 Å². The van der Waals surface area contributed by atoms with E-state index in [0.29, 0.717) is 18.5 Å². The fourth-order valence-electron chi connectivity index (χ4n) is 1.48. The van der Waals surface area contributed by atoms with E-state index in [-0.39, 0.29) is 6.04 Å². The summed E-state index contributed by atoms with van der Waals surface area (Å²) >= 11 is 0. The molecular formula is C11H22N4O2. The monoisotopic (exact) mass is 242 g/mol. The second-order valence-corrected chi connectivity index (χ2v) is 4.33. The Bertz CT molecular complexity index is 327. The summed E-state index contributed by atoms with van der Waals surface area (Å²) in [6, 6.07) is 0.488. The van der Waals surface area contributed by atoms with Crippen LogP contribution in [0.1, 0.15) is 39.1 Å². The Kier molecular flexibility index (Phi) is 5.37. The number of hydrogen-bond acceptors (Lipinski definition) is 6. The van der Waals surface area contributed by atoms with Crippen molar-refractivity contribution in [1.29, 1.82) is 0 Å². The van der Waals surface area contributed by atoms with Gasteiger partial charge in [0.2, 0.25) is 5.89 Å². The van der Waals surface area contributed by atoms with Gasteiger partial charge in [0, 0.05) is 13.6 Å². The Morgan fingerprint density at radius 3 is 2.71 bits per heavy atom. The van der Waals surface area contributed by atoms with Crippen LogP contribution in [0.25, 0.3) is 0 Å². The average Bonchev–Trinajstić information content (AvgIpc) is 2.74. The van der Waals surface area contributed by atoms with Crippen molar-refractivity contribution in [3.05, 3.63) is 5.89 Å². The maximum atomic E-state index is 9.27. The van der Waals surface area contributed by atoms with Crippen LogP contribution in [0.3, 0.4) is 0 Å². The van der Waals surface area contributed by atoms with Crippen molar-refractivity contribution in [3.8, 4) is 0 Å². The Hall–Kier alpha value is -1.14. The topological polar surface area (TPSA) is 74.4 Å². The van der Waals surface area contributed by atoms with Crippen molar-refractivity contribution >= 4 is 6.01 Å². The lowest BCUT2D eigenvalue weighted by Crippen LogP contribution is -2.27. The van der Waals surface area contributed by atoms with E-state index in [4.69, 9.17) is 4.42 Å². The maximum absolute atomic E-state index is 9.27. The van der Waals surface area contributed by atoms with Crippen molar-refractivity contribution in [2.24, 2.45) is 0 Å². The highest BCUT2D eigenvalue weighted by molar-refractivity contribution is 5.22. The maximum Gasteiger partial charge on any atom is 0.318 e. The zero-order valence-corrected chi connectivity index (χ0v) is 11.0. The number of nitrogens with zero attached hydrogens (tertiary/aromatic N) is 3. The third kappa shape index (κ3) is 4.32. The lowest BCUT2D eigenvalue weighted by molar-refractivity contribution is 0.199. The molecule has 0 aliphatic rings. The van der Waals surface area contributed by atoms with Gasteiger partial charge in [-0.25, -0.2) is 0 Å². The van der Waals surface area contributed by atoms with Crippen molar-refractivity contribution in [2.45, 2.75) is 39.3 Å². The van der Waals surface area contributed by atoms with Gasteiger partial charge < -0.3 is 19.7 Å². The molecule has 0 aromatic carbocycles. The fourth-order valence-corrected chi connectivity index (χ4v) is 1.48. The SMILES string of the molecule is CCCNC(C)c1nnc(N(C)CC(C)O)o1. The molecule has 0 spiro atoms. The summed E-state index contributed by atoms with van der Waals surface area (Å²) in [7, 11) is 1.81. The van der Waals surface area contributed by atoms with Gasteiger partial charge in [-0.3, -0.25) is 0 Å². The lowest BCUT2D eigenvalue weighted by Gasteiger charge is -2.15. The zero-order valence-electron chi connectivity index (χ0n) is 11.0. The van der Waals surface area contributed by atoms with Crippen LogP contribution in [0.15, 0.2) is 4.42 Å². The van der Waals surface area contributed by atoms with Crippen molar-refractivity contribution in [2.75, 3.05) is 25.0 Å². The number of aliphatic hydroxyl groups is 1. The molecule has 1 aromatic rings. The van der Waals surface area contributed by atoms with Crippen LogP contribution in [-0.4, -0.2) is 41.5 Å². The summed E-state index contributed by atoms with van der Waals surface area (Å²) in [4.78, 5) is 1.74. The molecule has 0 saturated heterocycles. The second-order valence-electron chi connectivity index (χ2n) is 4.33. The Balaban J connectivity index is 2.57. The van der Waals surface area contributed by atoms with Crippen LogP contribution in [0, 0.1) is 0 Å². The summed E-state index contributed by atoms with van der Waals surface area (Å²) in [6.45, 7) is 7.21. The van der Waals surface area contributed by atoms with Gasteiger partial charge in [-0.15, -0.1) is 5.10 Å². The number of likely N-dealkylation sites (N-methyl/N-ethyl adjacent to an activating group) is 1. The zero-order chi connectivity index (χ0) is 12.8. The van der Waals surface area contributed by atoms with Crippen LogP contribution in [0.2, 0.25) is 0 Å². The van der Waals surface area contributed by atoms with Gasteiger partial charge >= 0.3 is 6.01 Å². The van der Waals surface area contributed by atoms with Crippen LogP contribution in [-0.2, 0) is 0 Å². The summed E-state index contributed by atoms with van der Waals surface area (Å²) in [6.07, 6.45) is 0.638. The predicted octanol–water partition coefficient (Wildman–Crippen LogP) is 0.947. The van der Waals surface area contributed by atoms with Crippen LogP contribution >= 0.6 is 0 Å². The minimum Gasteiger partial charge on any atom is -0.406 e. The molecule has 0 radical (unpaired) electrons. The van der Waals surface area contributed by atoms with Gasteiger partial charge in [0.25, 0.3) is 0 Å². The van der Waals surface area contributed by atoms with Crippen LogP contribution < -0.4 is 10.2 Å². The molecule has 6 nitrogen and oxygen atoms in total. The molecule has 1 heterocycles. The van der Waals surface area contributed by atoms with E-state index in [1.54, 1.807) is 11.8 Å². The first-order chi connectivity index (χ1) is 8.04. The Labute approximate surface area is 102 Å². The van der Waals surface area contributed by atoms with Gasteiger partial charge in [0.15, 0.2) is 0 Å². The first-order valence-electron chi connectivity index (χ1n) is 6.00. The third-order valence-corrected chi connectivity index (χ3v) is 2.37. The molecule has 2 N–H and O–H groups in total. The molecule has 2 atom stereocenters. The number of rotatable bonds is 7. The molecule has 6 heteroatoms. The minimum absolute atomic E-state index is 0.0520. The summed E-state index contributed by atoms with van der Waals surface area (Å²) in [5.74, 6) is 0.575. The van der Waals surface area contributed by atoms with Crippen molar-refractivity contribution in [3.63, 3.8) is 0 Å². The molecule has 0 amide bonds. The highest BCUT2D eigenvalue weighted by Gasteiger charge is 2.16. The van der Waals surface area contributed by atoms with E-state index < -0.39 is 6.10 Å². The van der Waals surface area contributed by atoms with Gasteiger partial charge in [-0.05, 0) is 26.8 Å². The second kappa shape index (κ2) is 6.56. The largest absolute Gasteiger partial charge is 0.406 e. The van der Waals surface area contributed by atoms with Crippen LogP contribution in [0.4, 0.5) is 6.01 Å².